The molecule has 1 nitrogen and oxygen atoms in total. The van der Waals surface area contributed by atoms with Gasteiger partial charge in [-0.1, -0.05) is 23.7 Å². The summed E-state index contributed by atoms with van der Waals surface area (Å²) in [6.07, 6.45) is 0. The van der Waals surface area contributed by atoms with Gasteiger partial charge in [0, 0.05) is 6.54 Å². The van der Waals surface area contributed by atoms with Crippen molar-refractivity contribution in [2.24, 2.45) is 5.73 Å². The monoisotopic (exact) mass is 197 g/mol. The first-order valence-electron chi connectivity index (χ1n) is 3.67. The molecule has 0 aliphatic carbocycles. The molecule has 0 unspecified atom stereocenters. The van der Waals surface area contributed by atoms with E-state index in [0.29, 0.717) is 6.54 Å². The Morgan fingerprint density at radius 2 is 2.25 bits per heavy atom. The summed E-state index contributed by atoms with van der Waals surface area (Å²) in [4.78, 5) is 0. The van der Waals surface area contributed by atoms with Crippen molar-refractivity contribution in [2.45, 2.75) is 6.54 Å². The van der Waals surface area contributed by atoms with Gasteiger partial charge in [-0.25, -0.2) is 0 Å². The molecule has 2 N–H and O–H groups in total. The predicted octanol–water partition coefficient (Wildman–Crippen LogP) is 3.01. The minimum absolute atomic E-state index is 0.584. The van der Waals surface area contributed by atoms with Crippen LogP contribution in [0.3, 0.4) is 0 Å². The van der Waals surface area contributed by atoms with Crippen LogP contribution in [0.2, 0.25) is 5.02 Å². The topological polar surface area (TPSA) is 26.0 Å². The van der Waals surface area contributed by atoms with Crippen molar-refractivity contribution in [3.05, 3.63) is 34.2 Å². The summed E-state index contributed by atoms with van der Waals surface area (Å²) in [5.74, 6) is 0. The predicted molar refractivity (Wildman–Crippen MR) is 54.7 cm³/mol. The Morgan fingerprint density at radius 1 is 1.42 bits per heavy atom. The van der Waals surface area contributed by atoms with Crippen LogP contribution in [0.15, 0.2) is 23.6 Å². The third-order valence-electron chi connectivity index (χ3n) is 1.85. The van der Waals surface area contributed by atoms with Crippen molar-refractivity contribution in [2.75, 3.05) is 0 Å². The van der Waals surface area contributed by atoms with Gasteiger partial charge < -0.3 is 5.73 Å². The van der Waals surface area contributed by atoms with E-state index >= 15 is 0 Å². The fourth-order valence-corrected chi connectivity index (χ4v) is 2.53. The third kappa shape index (κ3) is 1.12. The van der Waals surface area contributed by atoms with Crippen LogP contribution in [0.4, 0.5) is 0 Å². The maximum atomic E-state index is 6.00. The number of hydrogen-bond acceptors (Lipinski definition) is 2. The van der Waals surface area contributed by atoms with Crippen molar-refractivity contribution >= 4 is 33.0 Å². The fourth-order valence-electron chi connectivity index (χ4n) is 1.23. The molecular weight excluding hydrogens is 190 g/mol. The van der Waals surface area contributed by atoms with E-state index in [4.69, 9.17) is 17.3 Å². The molecule has 0 spiro atoms. The summed E-state index contributed by atoms with van der Waals surface area (Å²) in [5.41, 5.74) is 6.75. The molecular formula is C9H8ClNS. The molecule has 0 fully saturated rings. The summed E-state index contributed by atoms with van der Waals surface area (Å²) in [6, 6.07) is 5.91. The summed E-state index contributed by atoms with van der Waals surface area (Å²) in [6.45, 7) is 0.584. The summed E-state index contributed by atoms with van der Waals surface area (Å²) in [5, 5.41) is 4.07. The summed E-state index contributed by atoms with van der Waals surface area (Å²) < 4.78 is 1.14. The van der Waals surface area contributed by atoms with E-state index < -0.39 is 0 Å². The van der Waals surface area contributed by atoms with E-state index in [-0.39, 0.29) is 0 Å². The number of fused-ring (bicyclic) bond motifs is 1. The lowest BCUT2D eigenvalue weighted by molar-refractivity contribution is 1.09. The highest BCUT2D eigenvalue weighted by atomic mass is 35.5. The Morgan fingerprint density at radius 3 is 3.00 bits per heavy atom. The van der Waals surface area contributed by atoms with E-state index in [9.17, 15) is 0 Å². The molecule has 2 rings (SSSR count). The minimum Gasteiger partial charge on any atom is -0.326 e. The number of thiophene rings is 1. The second kappa shape index (κ2) is 3.05. The first kappa shape index (κ1) is 8.05. The first-order valence-corrected chi connectivity index (χ1v) is 4.93. The van der Waals surface area contributed by atoms with Crippen molar-refractivity contribution < 1.29 is 0 Å². The average molecular weight is 198 g/mol. The molecule has 0 radical (unpaired) electrons. The smallest absolute Gasteiger partial charge is 0.0584 e. The van der Waals surface area contributed by atoms with E-state index in [0.717, 1.165) is 9.72 Å². The second-order valence-corrected chi connectivity index (χ2v) is 3.87. The molecule has 0 aliphatic heterocycles. The van der Waals surface area contributed by atoms with Gasteiger partial charge in [-0.05, 0) is 22.4 Å². The van der Waals surface area contributed by atoms with E-state index in [1.54, 1.807) is 11.3 Å². The molecule has 0 aliphatic rings. The van der Waals surface area contributed by atoms with Crippen LogP contribution in [0, 0.1) is 0 Å². The number of rotatable bonds is 1. The van der Waals surface area contributed by atoms with Gasteiger partial charge in [0.15, 0.2) is 0 Å². The zero-order valence-corrected chi connectivity index (χ0v) is 7.95. The highest BCUT2D eigenvalue weighted by molar-refractivity contribution is 7.18. The van der Waals surface area contributed by atoms with E-state index in [1.165, 1.54) is 10.9 Å². The lowest BCUT2D eigenvalue weighted by atomic mass is 10.2. The highest BCUT2D eigenvalue weighted by Gasteiger charge is 2.03. The van der Waals surface area contributed by atoms with Crippen molar-refractivity contribution in [1.29, 1.82) is 0 Å². The van der Waals surface area contributed by atoms with Crippen LogP contribution in [0.1, 0.15) is 5.56 Å². The zero-order valence-electron chi connectivity index (χ0n) is 6.38. The number of hydrogen-bond donors (Lipinski definition) is 1. The van der Waals surface area contributed by atoms with Gasteiger partial charge in [0.1, 0.15) is 0 Å². The van der Waals surface area contributed by atoms with Crippen molar-refractivity contribution in [3.63, 3.8) is 0 Å². The lowest BCUT2D eigenvalue weighted by Crippen LogP contribution is -1.93. The normalized spacial score (nSPS) is 10.8. The Balaban J connectivity index is 2.80. The molecule has 0 atom stereocenters. The molecule has 12 heavy (non-hydrogen) atoms. The first-order chi connectivity index (χ1) is 5.83. The standard InChI is InChI=1S/C9H8ClNS/c10-8-3-1-2-7-6(4-11)5-12-9(7)8/h1-3,5H,4,11H2. The summed E-state index contributed by atoms with van der Waals surface area (Å²) in [7, 11) is 0. The second-order valence-electron chi connectivity index (χ2n) is 2.58. The van der Waals surface area contributed by atoms with Gasteiger partial charge in [-0.3, -0.25) is 0 Å². The molecule has 0 bridgehead atoms. The molecule has 2 aromatic rings. The quantitative estimate of drug-likeness (QED) is 0.748. The lowest BCUT2D eigenvalue weighted by Gasteiger charge is -1.94. The van der Waals surface area contributed by atoms with Gasteiger partial charge in [-0.2, -0.15) is 0 Å². The summed E-state index contributed by atoms with van der Waals surface area (Å²) >= 11 is 7.65. The van der Waals surface area contributed by atoms with Gasteiger partial charge in [0.05, 0.1) is 9.72 Å². The molecule has 62 valence electrons. The highest BCUT2D eigenvalue weighted by Crippen LogP contribution is 2.31. The van der Waals surface area contributed by atoms with Crippen molar-refractivity contribution in [3.8, 4) is 0 Å². The zero-order chi connectivity index (χ0) is 8.55. The largest absolute Gasteiger partial charge is 0.326 e. The van der Waals surface area contributed by atoms with E-state index in [2.05, 4.69) is 11.4 Å². The van der Waals surface area contributed by atoms with E-state index in [1.807, 2.05) is 12.1 Å². The Labute approximate surface area is 79.8 Å². The van der Waals surface area contributed by atoms with Crippen LogP contribution in [0.25, 0.3) is 10.1 Å². The van der Waals surface area contributed by atoms with Crippen LogP contribution in [0.5, 0.6) is 0 Å². The maximum absolute atomic E-state index is 6.00. The maximum Gasteiger partial charge on any atom is 0.0584 e. The van der Waals surface area contributed by atoms with Crippen molar-refractivity contribution in [1.82, 2.24) is 0 Å². The van der Waals surface area contributed by atoms with Gasteiger partial charge in [-0.15, -0.1) is 11.3 Å². The number of benzene rings is 1. The number of nitrogens with two attached hydrogens (primary N) is 1. The molecule has 1 aromatic carbocycles. The van der Waals surface area contributed by atoms with Gasteiger partial charge in [0.2, 0.25) is 0 Å². The molecule has 0 amide bonds. The average Bonchev–Trinajstić information content (AvgIpc) is 2.49. The minimum atomic E-state index is 0.584. The number of halogens is 1. The van der Waals surface area contributed by atoms with Gasteiger partial charge in [0.25, 0.3) is 0 Å². The van der Waals surface area contributed by atoms with Crippen LogP contribution >= 0.6 is 22.9 Å². The third-order valence-corrected chi connectivity index (χ3v) is 3.36. The molecule has 0 saturated carbocycles. The molecule has 1 heterocycles. The van der Waals surface area contributed by atoms with Crippen LogP contribution < -0.4 is 5.73 Å². The Bertz CT molecular complexity index is 408. The van der Waals surface area contributed by atoms with Crippen LogP contribution in [-0.2, 0) is 6.54 Å². The molecule has 1 aromatic heterocycles. The Kier molecular flexibility index (Phi) is 2.05. The molecule has 3 heteroatoms. The molecule has 0 saturated heterocycles. The van der Waals surface area contributed by atoms with Crippen LogP contribution in [-0.4, -0.2) is 0 Å². The fraction of sp³-hybridized carbons (Fsp3) is 0.111. The Hall–Kier alpha value is -0.570. The SMILES string of the molecule is NCc1csc2c(Cl)cccc12. The van der Waals surface area contributed by atoms with Gasteiger partial charge >= 0.3 is 0 Å².